The first-order chi connectivity index (χ1) is 15.4. The molecule has 1 aliphatic rings. The van der Waals surface area contributed by atoms with Crippen LogP contribution in [0.4, 0.5) is 0 Å². The number of hydrazone groups is 1. The molecule has 1 heterocycles. The summed E-state index contributed by atoms with van der Waals surface area (Å²) in [5.41, 5.74) is 6.83. The number of nitrogens with zero attached hydrogens (tertiary/aromatic N) is 3. The summed E-state index contributed by atoms with van der Waals surface area (Å²) in [5.74, 6) is -0.655. The van der Waals surface area contributed by atoms with Crippen LogP contribution in [-0.4, -0.2) is 53.1 Å². The van der Waals surface area contributed by atoms with Crippen molar-refractivity contribution >= 4 is 30.5 Å². The van der Waals surface area contributed by atoms with Crippen LogP contribution in [0, 0.1) is 19.3 Å². The predicted octanol–water partition coefficient (Wildman–Crippen LogP) is 2.88. The van der Waals surface area contributed by atoms with Crippen molar-refractivity contribution in [1.82, 2.24) is 15.4 Å². The van der Waals surface area contributed by atoms with E-state index in [9.17, 15) is 14.6 Å². The maximum absolute atomic E-state index is 13.6. The molecule has 2 aromatic carbocycles. The van der Waals surface area contributed by atoms with E-state index in [2.05, 4.69) is 31.3 Å². The van der Waals surface area contributed by atoms with E-state index in [1.165, 1.54) is 9.93 Å². The number of carbonyl (C=O) groups is 2. The third-order valence-electron chi connectivity index (χ3n) is 5.97. The van der Waals surface area contributed by atoms with E-state index in [-0.39, 0.29) is 17.4 Å². The van der Waals surface area contributed by atoms with Crippen molar-refractivity contribution in [3.8, 4) is 0 Å². The molecule has 2 N–H and O–H groups in total. The van der Waals surface area contributed by atoms with E-state index < -0.39 is 13.0 Å². The van der Waals surface area contributed by atoms with Crippen LogP contribution < -0.4 is 10.9 Å². The molecule has 0 fully saturated rings. The topological polar surface area (TPSA) is 85.2 Å². The zero-order valence-electron chi connectivity index (χ0n) is 20.5. The van der Waals surface area contributed by atoms with Gasteiger partial charge in [0.2, 0.25) is 0 Å². The Kier molecular flexibility index (Phi) is 6.98. The second kappa shape index (κ2) is 9.39. The van der Waals surface area contributed by atoms with Crippen molar-refractivity contribution in [3.05, 3.63) is 64.2 Å². The van der Waals surface area contributed by atoms with Gasteiger partial charge < -0.3 is 9.94 Å². The zero-order valence-corrected chi connectivity index (χ0v) is 20.5. The SMILES string of the molecule is CC[C@@H](N(NC(=O)c1ccc2c(c1)B(O)N(C)N=C2)C(=O)c1cc(C)cc(C)c1)C(C)(C)C. The standard InChI is InChI=1S/C25H33BN4O3/c1-8-22(25(4,5)6)30(24(32)20-12-16(2)11-17(3)13-20)28-23(31)18-9-10-19-15-27-29(7)26(33)21(19)14-18/h9-15,22,33H,8H2,1-7H3,(H,28,31)/t22-/m1/s1. The zero-order chi connectivity index (χ0) is 24.5. The molecular formula is C25H33BN4O3. The van der Waals surface area contributed by atoms with Gasteiger partial charge in [0.1, 0.15) is 0 Å². The largest absolute Gasteiger partial charge is 0.466 e. The fourth-order valence-electron chi connectivity index (χ4n) is 4.34. The first-order valence-corrected chi connectivity index (χ1v) is 11.2. The molecule has 0 unspecified atom stereocenters. The Hall–Kier alpha value is -3.13. The number of aryl methyl sites for hydroxylation is 2. The highest BCUT2D eigenvalue weighted by molar-refractivity contribution is 6.65. The minimum Gasteiger partial charge on any atom is -0.428 e. The number of amides is 2. The molecule has 0 saturated heterocycles. The van der Waals surface area contributed by atoms with Crippen LogP contribution in [0.2, 0.25) is 0 Å². The fraction of sp³-hybridized carbons (Fsp3) is 0.400. The molecule has 2 aromatic rings. The van der Waals surface area contributed by atoms with Gasteiger partial charge in [-0.25, -0.2) is 5.01 Å². The number of rotatable bonds is 4. The minimum atomic E-state index is -0.941. The molecule has 33 heavy (non-hydrogen) atoms. The summed E-state index contributed by atoms with van der Waals surface area (Å²) in [5, 5.41) is 16.0. The van der Waals surface area contributed by atoms with Crippen molar-refractivity contribution in [2.24, 2.45) is 10.5 Å². The molecule has 8 heteroatoms. The van der Waals surface area contributed by atoms with E-state index in [0.717, 1.165) is 16.7 Å². The van der Waals surface area contributed by atoms with Crippen LogP contribution in [-0.2, 0) is 0 Å². The van der Waals surface area contributed by atoms with Crippen LogP contribution in [0.15, 0.2) is 41.5 Å². The molecule has 0 aromatic heterocycles. The number of hydrogen-bond acceptors (Lipinski definition) is 5. The number of benzene rings is 2. The molecule has 3 rings (SSSR count). The molecular weight excluding hydrogens is 415 g/mol. The van der Waals surface area contributed by atoms with Gasteiger partial charge in [-0.05, 0) is 61.0 Å². The first kappa shape index (κ1) is 24.5. The van der Waals surface area contributed by atoms with Crippen LogP contribution in [0.5, 0.6) is 0 Å². The Balaban J connectivity index is 1.97. The summed E-state index contributed by atoms with van der Waals surface area (Å²) < 4.78 is 0. The Labute approximate surface area is 196 Å². The normalized spacial score (nSPS) is 14.1. The van der Waals surface area contributed by atoms with Crippen molar-refractivity contribution in [3.63, 3.8) is 0 Å². The summed E-state index contributed by atoms with van der Waals surface area (Å²) in [7, 11) is 0.722. The molecule has 7 nitrogen and oxygen atoms in total. The maximum atomic E-state index is 13.6. The number of fused-ring (bicyclic) bond motifs is 1. The Morgan fingerprint density at radius 3 is 2.33 bits per heavy atom. The molecule has 1 aliphatic heterocycles. The Morgan fingerprint density at radius 2 is 1.76 bits per heavy atom. The lowest BCUT2D eigenvalue weighted by Gasteiger charge is -2.39. The van der Waals surface area contributed by atoms with Gasteiger partial charge in [0.05, 0.1) is 12.3 Å². The molecule has 0 radical (unpaired) electrons. The smallest absolute Gasteiger partial charge is 0.428 e. The maximum Gasteiger partial charge on any atom is 0.466 e. The third-order valence-corrected chi connectivity index (χ3v) is 5.97. The number of nitrogens with one attached hydrogen (secondary N) is 1. The van der Waals surface area contributed by atoms with Gasteiger partial charge in [-0.15, -0.1) is 0 Å². The minimum absolute atomic E-state index is 0.226. The van der Waals surface area contributed by atoms with Gasteiger partial charge in [0.25, 0.3) is 11.8 Å². The molecule has 0 saturated carbocycles. The quantitative estimate of drug-likeness (QED) is 0.557. The van der Waals surface area contributed by atoms with Gasteiger partial charge >= 0.3 is 7.05 Å². The number of hydrazine groups is 1. The van der Waals surface area contributed by atoms with Gasteiger partial charge in [0, 0.05) is 18.2 Å². The van der Waals surface area contributed by atoms with Crippen molar-refractivity contribution in [2.45, 2.75) is 54.0 Å². The van der Waals surface area contributed by atoms with E-state index >= 15 is 0 Å². The lowest BCUT2D eigenvalue weighted by atomic mass is 9.69. The summed E-state index contributed by atoms with van der Waals surface area (Å²) >= 11 is 0. The van der Waals surface area contributed by atoms with Crippen LogP contribution in [0.3, 0.4) is 0 Å². The van der Waals surface area contributed by atoms with Crippen molar-refractivity contribution < 1.29 is 14.6 Å². The van der Waals surface area contributed by atoms with Gasteiger partial charge in [0.15, 0.2) is 0 Å². The van der Waals surface area contributed by atoms with E-state index in [0.29, 0.717) is 23.0 Å². The van der Waals surface area contributed by atoms with E-state index in [1.807, 2.05) is 39.0 Å². The average Bonchev–Trinajstić information content (AvgIpc) is 2.73. The highest BCUT2D eigenvalue weighted by Crippen LogP contribution is 2.27. The Bertz CT molecular complexity index is 1070. The van der Waals surface area contributed by atoms with Gasteiger partial charge in [-0.2, -0.15) is 5.10 Å². The number of hydrogen-bond donors (Lipinski definition) is 2. The lowest BCUT2D eigenvalue weighted by Crippen LogP contribution is -2.56. The second-order valence-corrected chi connectivity index (χ2v) is 9.82. The predicted molar refractivity (Wildman–Crippen MR) is 132 cm³/mol. The van der Waals surface area contributed by atoms with Crippen LogP contribution in [0.25, 0.3) is 0 Å². The molecule has 174 valence electrons. The van der Waals surface area contributed by atoms with E-state index in [1.54, 1.807) is 31.5 Å². The van der Waals surface area contributed by atoms with Crippen LogP contribution in [0.1, 0.15) is 71.5 Å². The van der Waals surface area contributed by atoms with E-state index in [4.69, 9.17) is 0 Å². The van der Waals surface area contributed by atoms with Gasteiger partial charge in [-0.3, -0.25) is 15.0 Å². The summed E-state index contributed by atoms with van der Waals surface area (Å²) in [6.45, 7) is 12.1. The average molecular weight is 448 g/mol. The van der Waals surface area contributed by atoms with Gasteiger partial charge in [-0.1, -0.05) is 51.0 Å². The fourth-order valence-corrected chi connectivity index (χ4v) is 4.34. The monoisotopic (exact) mass is 448 g/mol. The molecule has 0 bridgehead atoms. The molecule has 0 spiro atoms. The molecule has 1 atom stereocenters. The Morgan fingerprint density at radius 1 is 1.12 bits per heavy atom. The second-order valence-electron chi connectivity index (χ2n) is 9.82. The van der Waals surface area contributed by atoms with Crippen LogP contribution >= 0.6 is 0 Å². The number of carbonyl (C=O) groups excluding carboxylic acids is 2. The summed E-state index contributed by atoms with van der Waals surface area (Å²) in [6.07, 6.45) is 2.32. The van der Waals surface area contributed by atoms with Crippen molar-refractivity contribution in [2.75, 3.05) is 7.05 Å². The first-order valence-electron chi connectivity index (χ1n) is 11.2. The van der Waals surface area contributed by atoms with Crippen molar-refractivity contribution in [1.29, 1.82) is 0 Å². The summed E-state index contributed by atoms with van der Waals surface area (Å²) in [4.78, 5) is 28.4. The molecule has 2 amide bonds. The third kappa shape index (κ3) is 5.28. The highest BCUT2D eigenvalue weighted by atomic mass is 16.2. The molecule has 0 aliphatic carbocycles. The summed E-state index contributed by atoms with van der Waals surface area (Å²) in [6, 6.07) is 10.5. The lowest BCUT2D eigenvalue weighted by molar-refractivity contribution is 0.0285. The highest BCUT2D eigenvalue weighted by Gasteiger charge is 2.35.